The Morgan fingerprint density at radius 3 is 2.15 bits per heavy atom. The Morgan fingerprint density at radius 2 is 1.62 bits per heavy atom. The largest absolute Gasteiger partial charge is 0.466 e. The molecule has 0 radical (unpaired) electrons. The molecule has 1 saturated heterocycles. The molecule has 0 N–H and O–H groups in total. The number of esters is 1. The molecule has 1 heterocycles. The molecule has 1 saturated carbocycles. The van der Waals surface area contributed by atoms with Crippen LogP contribution in [0.25, 0.3) is 0 Å². The number of carbonyl (C=O) groups is 2. The van der Waals surface area contributed by atoms with E-state index in [1.54, 1.807) is 52.0 Å². The average Bonchev–Trinajstić information content (AvgIpc) is 3.30. The average molecular weight is 495 g/mol. The number of nitrogens with zero attached hydrogens (tertiary/aromatic N) is 2. The molecule has 8 nitrogen and oxygen atoms in total. The van der Waals surface area contributed by atoms with E-state index in [4.69, 9.17) is 9.47 Å². The van der Waals surface area contributed by atoms with Gasteiger partial charge in [-0.1, -0.05) is 37.8 Å². The zero-order chi connectivity index (χ0) is 24.9. The van der Waals surface area contributed by atoms with Crippen LogP contribution in [0.2, 0.25) is 0 Å². The lowest BCUT2D eigenvalue weighted by molar-refractivity contribution is -0.145. The Morgan fingerprint density at radius 1 is 1.03 bits per heavy atom. The highest BCUT2D eigenvalue weighted by Crippen LogP contribution is 2.35. The number of carbonyl (C=O) groups excluding carboxylic acids is 2. The summed E-state index contributed by atoms with van der Waals surface area (Å²) < 4.78 is 38.5. The molecule has 1 amide bonds. The van der Waals surface area contributed by atoms with E-state index >= 15 is 0 Å². The van der Waals surface area contributed by atoms with Gasteiger partial charge in [-0.3, -0.25) is 4.79 Å². The topological polar surface area (TPSA) is 93.2 Å². The Balaban J connectivity index is 1.67. The summed E-state index contributed by atoms with van der Waals surface area (Å²) in [5.74, 6) is -0.125. The van der Waals surface area contributed by atoms with Crippen LogP contribution in [0.5, 0.6) is 0 Å². The maximum Gasteiger partial charge on any atom is 0.410 e. The molecule has 3 rings (SSSR count). The van der Waals surface area contributed by atoms with E-state index < -0.39 is 21.7 Å². The molecule has 1 atom stereocenters. The van der Waals surface area contributed by atoms with Crippen LogP contribution in [-0.2, 0) is 24.3 Å². The lowest BCUT2D eigenvalue weighted by Gasteiger charge is -2.35. The summed E-state index contributed by atoms with van der Waals surface area (Å²) in [6.45, 7) is 8.48. The molecule has 1 aromatic rings. The molecule has 2 fully saturated rings. The van der Waals surface area contributed by atoms with E-state index in [1.165, 1.54) is 22.0 Å². The van der Waals surface area contributed by atoms with E-state index in [9.17, 15) is 18.0 Å². The summed E-state index contributed by atoms with van der Waals surface area (Å²) >= 11 is 0. The van der Waals surface area contributed by atoms with Gasteiger partial charge in [0, 0.05) is 26.2 Å². The molecule has 34 heavy (non-hydrogen) atoms. The number of rotatable bonds is 7. The second-order valence-electron chi connectivity index (χ2n) is 10.1. The predicted molar refractivity (Wildman–Crippen MR) is 129 cm³/mol. The lowest BCUT2D eigenvalue weighted by Crippen LogP contribution is -2.51. The first kappa shape index (κ1) is 26.5. The highest BCUT2D eigenvalue weighted by atomic mass is 32.2. The lowest BCUT2D eigenvalue weighted by atomic mass is 9.88. The van der Waals surface area contributed by atoms with Gasteiger partial charge in [0.1, 0.15) is 5.60 Å². The zero-order valence-corrected chi connectivity index (χ0v) is 21.6. The normalized spacial score (nSPS) is 19.1. The minimum absolute atomic E-state index is 0.186. The number of hydrogen-bond donors (Lipinski definition) is 0. The van der Waals surface area contributed by atoms with E-state index in [1.807, 2.05) is 0 Å². The first-order chi connectivity index (χ1) is 16.0. The van der Waals surface area contributed by atoms with Gasteiger partial charge in [0.25, 0.3) is 0 Å². The Kier molecular flexibility index (Phi) is 8.62. The fourth-order valence-electron chi connectivity index (χ4n) is 4.65. The van der Waals surface area contributed by atoms with Crippen molar-refractivity contribution in [2.75, 3.05) is 32.8 Å². The van der Waals surface area contributed by atoms with Crippen LogP contribution >= 0.6 is 0 Å². The smallest absolute Gasteiger partial charge is 0.410 e. The Bertz CT molecular complexity index is 941. The summed E-state index contributed by atoms with van der Waals surface area (Å²) in [6.07, 6.45) is 4.94. The fraction of sp³-hybridized carbons (Fsp3) is 0.680. The van der Waals surface area contributed by atoms with Crippen LogP contribution < -0.4 is 0 Å². The molecule has 9 heteroatoms. The van der Waals surface area contributed by atoms with E-state index in [2.05, 4.69) is 0 Å². The van der Waals surface area contributed by atoms with Gasteiger partial charge in [-0.25, -0.2) is 13.2 Å². The van der Waals surface area contributed by atoms with Gasteiger partial charge in [-0.2, -0.15) is 4.31 Å². The number of ether oxygens (including phenoxy) is 2. The number of hydrogen-bond acceptors (Lipinski definition) is 6. The third-order valence-corrected chi connectivity index (χ3v) is 8.34. The molecule has 2 aliphatic rings. The molecule has 1 aromatic carbocycles. The van der Waals surface area contributed by atoms with Crippen LogP contribution in [0.1, 0.15) is 71.3 Å². The van der Waals surface area contributed by atoms with Gasteiger partial charge < -0.3 is 14.4 Å². The van der Waals surface area contributed by atoms with Crippen molar-refractivity contribution in [2.24, 2.45) is 5.92 Å². The molecule has 190 valence electrons. The molecule has 0 spiro atoms. The van der Waals surface area contributed by atoms with Gasteiger partial charge in [0.2, 0.25) is 10.0 Å². The maximum absolute atomic E-state index is 13.2. The Labute approximate surface area is 203 Å². The molecule has 1 aliphatic carbocycles. The second kappa shape index (κ2) is 11.1. The van der Waals surface area contributed by atoms with Gasteiger partial charge >= 0.3 is 12.1 Å². The standard InChI is InChI=1S/C25H38N2O6S/c1-5-32-23(28)22(18-19-8-6-7-9-19)20-10-12-21(13-11-20)34(30,31)27-16-14-26(15-17-27)24(29)33-25(2,3)4/h10-13,19,22H,5-9,14-18H2,1-4H3. The maximum atomic E-state index is 13.2. The minimum Gasteiger partial charge on any atom is -0.466 e. The second-order valence-corrected chi connectivity index (χ2v) is 12.1. The van der Waals surface area contributed by atoms with Gasteiger partial charge in [0.15, 0.2) is 0 Å². The third kappa shape index (κ3) is 6.72. The molecule has 0 bridgehead atoms. The predicted octanol–water partition coefficient (Wildman–Crippen LogP) is 4.16. The third-order valence-electron chi connectivity index (χ3n) is 6.43. The molecule has 1 unspecified atom stereocenters. The van der Waals surface area contributed by atoms with Crippen molar-refractivity contribution in [3.05, 3.63) is 29.8 Å². The van der Waals surface area contributed by atoms with E-state index in [0.717, 1.165) is 24.8 Å². The van der Waals surface area contributed by atoms with Crippen LogP contribution in [0.3, 0.4) is 0 Å². The summed E-state index contributed by atoms with van der Waals surface area (Å²) in [7, 11) is -3.70. The van der Waals surface area contributed by atoms with Crippen molar-refractivity contribution in [3.63, 3.8) is 0 Å². The minimum atomic E-state index is -3.70. The highest BCUT2D eigenvalue weighted by molar-refractivity contribution is 7.89. The van der Waals surface area contributed by atoms with Gasteiger partial charge in [-0.15, -0.1) is 0 Å². The van der Waals surface area contributed by atoms with E-state index in [-0.39, 0.29) is 43.0 Å². The summed E-state index contributed by atoms with van der Waals surface area (Å²) in [5.41, 5.74) is 0.195. The van der Waals surface area contributed by atoms with Crippen molar-refractivity contribution in [2.45, 2.75) is 76.2 Å². The molecule has 0 aromatic heterocycles. The highest BCUT2D eigenvalue weighted by Gasteiger charge is 2.33. The van der Waals surface area contributed by atoms with Crippen LogP contribution in [0, 0.1) is 5.92 Å². The molecular weight excluding hydrogens is 456 g/mol. The summed E-state index contributed by atoms with van der Waals surface area (Å²) in [5, 5.41) is 0. The van der Waals surface area contributed by atoms with Crippen LogP contribution in [-0.4, -0.2) is 68.1 Å². The SMILES string of the molecule is CCOC(=O)C(CC1CCCC1)c1ccc(S(=O)(=O)N2CCN(C(=O)OC(C)(C)C)CC2)cc1. The number of sulfonamides is 1. The zero-order valence-electron chi connectivity index (χ0n) is 20.8. The summed E-state index contributed by atoms with van der Waals surface area (Å²) in [6, 6.07) is 6.62. The van der Waals surface area contributed by atoms with E-state index in [0.29, 0.717) is 12.5 Å². The molecular formula is C25H38N2O6S. The first-order valence-electron chi connectivity index (χ1n) is 12.3. The monoisotopic (exact) mass is 494 g/mol. The van der Waals surface area contributed by atoms with Crippen molar-refractivity contribution in [1.82, 2.24) is 9.21 Å². The summed E-state index contributed by atoms with van der Waals surface area (Å²) in [4.78, 5) is 26.6. The van der Waals surface area contributed by atoms with Gasteiger partial charge in [0.05, 0.1) is 17.4 Å². The van der Waals surface area contributed by atoms with Crippen LogP contribution in [0.15, 0.2) is 29.2 Å². The molecule has 1 aliphatic heterocycles. The van der Waals surface area contributed by atoms with Crippen LogP contribution in [0.4, 0.5) is 4.79 Å². The van der Waals surface area contributed by atoms with Crippen molar-refractivity contribution in [1.29, 1.82) is 0 Å². The number of benzene rings is 1. The van der Waals surface area contributed by atoms with Crippen molar-refractivity contribution >= 4 is 22.1 Å². The number of piperazine rings is 1. The first-order valence-corrected chi connectivity index (χ1v) is 13.7. The van der Waals surface area contributed by atoms with Crippen molar-refractivity contribution < 1.29 is 27.5 Å². The van der Waals surface area contributed by atoms with Gasteiger partial charge in [-0.05, 0) is 57.7 Å². The quantitative estimate of drug-likeness (QED) is 0.529. The van der Waals surface area contributed by atoms with Crippen molar-refractivity contribution in [3.8, 4) is 0 Å². The fourth-order valence-corrected chi connectivity index (χ4v) is 6.07. The Hall–Kier alpha value is -2.13. The number of amides is 1.